The predicted molar refractivity (Wildman–Crippen MR) is 128 cm³/mol. The molecule has 0 spiro atoms. The third-order valence-corrected chi connectivity index (χ3v) is 6.35. The van der Waals surface area contributed by atoms with E-state index in [1.165, 1.54) is 0 Å². The van der Waals surface area contributed by atoms with E-state index in [0.717, 1.165) is 16.9 Å². The van der Waals surface area contributed by atoms with Crippen molar-refractivity contribution in [3.05, 3.63) is 58.8 Å². The summed E-state index contributed by atoms with van der Waals surface area (Å²) in [4.78, 5) is 26.0. The van der Waals surface area contributed by atoms with Crippen LogP contribution < -0.4 is 24.3 Å². The van der Waals surface area contributed by atoms with Gasteiger partial charge in [0.25, 0.3) is 0 Å². The van der Waals surface area contributed by atoms with Crippen LogP contribution in [0.1, 0.15) is 56.1 Å². The third-order valence-electron chi connectivity index (χ3n) is 6.35. The van der Waals surface area contributed by atoms with Crippen LogP contribution in [-0.2, 0) is 9.59 Å². The van der Waals surface area contributed by atoms with Crippen LogP contribution in [0.3, 0.4) is 0 Å². The molecule has 7 heteroatoms. The molecule has 0 radical (unpaired) electrons. The highest BCUT2D eigenvalue weighted by Crippen LogP contribution is 2.46. The standard InChI is InChI=1S/C27H31NO6/c1-15(2)34-19-8-6-16(7-9-19)20-14-25(30)28-21-10-17(11-22(29)26(20)21)18-12-23(31-3)27(33-5)24(13-18)32-4/h6-9,12-13,15,17,20H,10-11,14H2,1-5H3,(H,28,30)/t17-,20-/m1/s1. The van der Waals surface area contributed by atoms with Gasteiger partial charge in [-0.25, -0.2) is 0 Å². The largest absolute Gasteiger partial charge is 0.493 e. The zero-order chi connectivity index (χ0) is 24.4. The van der Waals surface area contributed by atoms with Crippen LogP contribution in [0.15, 0.2) is 47.7 Å². The van der Waals surface area contributed by atoms with Crippen LogP contribution in [0, 0.1) is 0 Å². The Hall–Kier alpha value is -3.48. The summed E-state index contributed by atoms with van der Waals surface area (Å²) in [7, 11) is 4.69. The lowest BCUT2D eigenvalue weighted by Gasteiger charge is -2.34. The zero-order valence-corrected chi connectivity index (χ0v) is 20.3. The number of methoxy groups -OCH3 is 3. The molecule has 0 bridgehead atoms. The van der Waals surface area contributed by atoms with Crippen molar-refractivity contribution in [3.8, 4) is 23.0 Å². The molecule has 2 atom stereocenters. The molecule has 7 nitrogen and oxygen atoms in total. The molecular weight excluding hydrogens is 434 g/mol. The molecule has 0 unspecified atom stereocenters. The highest BCUT2D eigenvalue weighted by Gasteiger charge is 2.38. The third kappa shape index (κ3) is 4.60. The zero-order valence-electron chi connectivity index (χ0n) is 20.3. The van der Waals surface area contributed by atoms with Crippen molar-refractivity contribution in [3.63, 3.8) is 0 Å². The van der Waals surface area contributed by atoms with Gasteiger partial charge in [0.2, 0.25) is 11.7 Å². The van der Waals surface area contributed by atoms with Crippen LogP contribution in [0.2, 0.25) is 0 Å². The fourth-order valence-electron chi connectivity index (χ4n) is 4.87. The van der Waals surface area contributed by atoms with Crippen LogP contribution in [0.5, 0.6) is 23.0 Å². The van der Waals surface area contributed by atoms with Crippen LogP contribution in [0.4, 0.5) is 0 Å². The quantitative estimate of drug-likeness (QED) is 0.648. The Morgan fingerprint density at radius 3 is 2.06 bits per heavy atom. The summed E-state index contributed by atoms with van der Waals surface area (Å²) >= 11 is 0. The summed E-state index contributed by atoms with van der Waals surface area (Å²) in [5.41, 5.74) is 3.26. The lowest BCUT2D eigenvalue weighted by atomic mass is 9.73. The first-order valence-electron chi connectivity index (χ1n) is 11.5. The molecule has 1 heterocycles. The topological polar surface area (TPSA) is 83.1 Å². The Bertz CT molecular complexity index is 1090. The number of carbonyl (C=O) groups is 2. The number of Topliss-reactive ketones (excluding diaryl/α,β-unsaturated/α-hetero) is 1. The van der Waals surface area contributed by atoms with E-state index in [2.05, 4.69) is 5.32 Å². The second-order valence-electron chi connectivity index (χ2n) is 8.92. The van der Waals surface area contributed by atoms with E-state index >= 15 is 0 Å². The number of rotatable bonds is 7. The second kappa shape index (κ2) is 9.79. The first kappa shape index (κ1) is 23.7. The smallest absolute Gasteiger partial charge is 0.225 e. The fraction of sp³-hybridized carbons (Fsp3) is 0.407. The summed E-state index contributed by atoms with van der Waals surface area (Å²) in [6, 6.07) is 11.4. The predicted octanol–water partition coefficient (Wildman–Crippen LogP) is 4.50. The number of benzene rings is 2. The summed E-state index contributed by atoms with van der Waals surface area (Å²) in [5.74, 6) is 1.96. The molecule has 1 aliphatic carbocycles. The SMILES string of the molecule is COc1cc([C@H]2CC(=O)C3=C(C2)NC(=O)C[C@@H]3c2ccc(OC(C)C)cc2)cc(OC)c1OC. The Balaban J connectivity index is 1.67. The molecule has 2 aromatic rings. The molecule has 1 aliphatic heterocycles. The van der Waals surface area contributed by atoms with E-state index in [0.29, 0.717) is 41.4 Å². The molecule has 1 N–H and O–H groups in total. The minimum absolute atomic E-state index is 0.0486. The fourth-order valence-corrected chi connectivity index (χ4v) is 4.87. The van der Waals surface area contributed by atoms with Crippen molar-refractivity contribution in [2.24, 2.45) is 0 Å². The average Bonchev–Trinajstić information content (AvgIpc) is 2.82. The maximum atomic E-state index is 13.4. The highest BCUT2D eigenvalue weighted by molar-refractivity contribution is 6.02. The van der Waals surface area contributed by atoms with Crippen molar-refractivity contribution >= 4 is 11.7 Å². The number of hydrogen-bond donors (Lipinski definition) is 1. The summed E-state index contributed by atoms with van der Waals surface area (Å²) in [6.45, 7) is 3.95. The van der Waals surface area contributed by atoms with Gasteiger partial charge < -0.3 is 24.3 Å². The molecule has 180 valence electrons. The molecule has 2 aromatic carbocycles. The second-order valence-corrected chi connectivity index (χ2v) is 8.92. The minimum atomic E-state index is -0.259. The van der Waals surface area contributed by atoms with Gasteiger partial charge in [-0.05, 0) is 61.6 Å². The van der Waals surface area contributed by atoms with Gasteiger partial charge in [-0.3, -0.25) is 9.59 Å². The summed E-state index contributed by atoms with van der Waals surface area (Å²) in [6.07, 6.45) is 1.23. The normalized spacial score (nSPS) is 20.1. The van der Waals surface area contributed by atoms with Crippen molar-refractivity contribution in [2.45, 2.75) is 51.0 Å². The molecule has 0 aromatic heterocycles. The molecule has 1 amide bonds. The number of carbonyl (C=O) groups excluding carboxylic acids is 2. The van der Waals surface area contributed by atoms with Gasteiger partial charge in [0.05, 0.1) is 27.4 Å². The van der Waals surface area contributed by atoms with Crippen molar-refractivity contribution in [2.75, 3.05) is 21.3 Å². The lowest BCUT2D eigenvalue weighted by Crippen LogP contribution is -2.38. The van der Waals surface area contributed by atoms with Gasteiger partial charge in [0.15, 0.2) is 17.3 Å². The number of allylic oxidation sites excluding steroid dienone is 2. The molecule has 34 heavy (non-hydrogen) atoms. The first-order valence-corrected chi connectivity index (χ1v) is 11.5. The Labute approximate surface area is 200 Å². The molecule has 0 saturated heterocycles. The maximum Gasteiger partial charge on any atom is 0.225 e. The number of amides is 1. The average molecular weight is 466 g/mol. The van der Waals surface area contributed by atoms with E-state index in [1.54, 1.807) is 21.3 Å². The molecule has 4 rings (SSSR count). The monoisotopic (exact) mass is 465 g/mol. The number of ether oxygens (including phenoxy) is 4. The van der Waals surface area contributed by atoms with E-state index in [9.17, 15) is 9.59 Å². The first-order chi connectivity index (χ1) is 16.3. The minimum Gasteiger partial charge on any atom is -0.493 e. The van der Waals surface area contributed by atoms with E-state index in [-0.39, 0.29) is 36.1 Å². The number of hydrogen-bond acceptors (Lipinski definition) is 6. The molecule has 2 aliphatic rings. The number of nitrogens with one attached hydrogen (secondary N) is 1. The number of ketones is 1. The van der Waals surface area contributed by atoms with Crippen molar-refractivity contribution < 1.29 is 28.5 Å². The Morgan fingerprint density at radius 2 is 1.50 bits per heavy atom. The van der Waals surface area contributed by atoms with E-state index in [1.807, 2.05) is 50.2 Å². The van der Waals surface area contributed by atoms with Crippen molar-refractivity contribution in [1.29, 1.82) is 0 Å². The van der Waals surface area contributed by atoms with Gasteiger partial charge in [0.1, 0.15) is 5.75 Å². The lowest BCUT2D eigenvalue weighted by molar-refractivity contribution is -0.122. The van der Waals surface area contributed by atoms with Gasteiger partial charge in [-0.2, -0.15) is 0 Å². The highest BCUT2D eigenvalue weighted by atomic mass is 16.5. The Kier molecular flexibility index (Phi) is 6.82. The summed E-state index contributed by atoms with van der Waals surface area (Å²) in [5, 5.41) is 2.97. The van der Waals surface area contributed by atoms with E-state index in [4.69, 9.17) is 18.9 Å². The van der Waals surface area contributed by atoms with Crippen LogP contribution in [0.25, 0.3) is 0 Å². The van der Waals surface area contributed by atoms with Crippen LogP contribution in [-0.4, -0.2) is 39.1 Å². The van der Waals surface area contributed by atoms with Crippen molar-refractivity contribution in [1.82, 2.24) is 5.32 Å². The van der Waals surface area contributed by atoms with Gasteiger partial charge in [-0.15, -0.1) is 0 Å². The van der Waals surface area contributed by atoms with Crippen LogP contribution >= 0.6 is 0 Å². The maximum absolute atomic E-state index is 13.4. The molecule has 0 fully saturated rings. The van der Waals surface area contributed by atoms with Gasteiger partial charge in [-0.1, -0.05) is 12.1 Å². The van der Waals surface area contributed by atoms with Gasteiger partial charge in [0, 0.05) is 30.0 Å². The van der Waals surface area contributed by atoms with Gasteiger partial charge >= 0.3 is 0 Å². The summed E-state index contributed by atoms with van der Waals surface area (Å²) < 4.78 is 22.1. The Morgan fingerprint density at radius 1 is 0.853 bits per heavy atom. The molecular formula is C27H31NO6. The van der Waals surface area contributed by atoms with E-state index < -0.39 is 0 Å². The molecule has 0 saturated carbocycles.